The van der Waals surface area contributed by atoms with Gasteiger partial charge in [-0.15, -0.1) is 0 Å². The molecule has 0 fully saturated rings. The van der Waals surface area contributed by atoms with E-state index in [-0.39, 0.29) is 5.91 Å². The number of carbonyl (C=O) groups excluding carboxylic acids is 2. The highest BCUT2D eigenvalue weighted by molar-refractivity contribution is 5.91. The third-order valence-electron chi connectivity index (χ3n) is 2.96. The van der Waals surface area contributed by atoms with Gasteiger partial charge in [-0.1, -0.05) is 36.4 Å². The van der Waals surface area contributed by atoms with Crippen molar-refractivity contribution in [1.82, 2.24) is 0 Å². The van der Waals surface area contributed by atoms with Crippen molar-refractivity contribution in [2.45, 2.75) is 12.8 Å². The fraction of sp³-hybridized carbons (Fsp3) is 0.176. The van der Waals surface area contributed by atoms with Crippen LogP contribution in [0, 0.1) is 0 Å². The number of hydrogen-bond acceptors (Lipinski definition) is 4. The molecule has 22 heavy (non-hydrogen) atoms. The standard InChI is InChI=1S/C17H17NO4/c19-16(10-9-13-5-2-1-3-6-13)18-14-7-4-8-15(11-14)22-12-17(20)21/h1-8,11H,9-10,12H2,(H,18,19)(H,20,21)/p-1. The number of rotatable bonds is 7. The molecule has 2 rings (SSSR count). The van der Waals surface area contributed by atoms with Gasteiger partial charge < -0.3 is 20.0 Å². The molecule has 1 amide bonds. The number of aryl methyl sites for hydroxylation is 1. The lowest BCUT2D eigenvalue weighted by molar-refractivity contribution is -0.307. The maximum atomic E-state index is 11.9. The molecule has 0 bridgehead atoms. The van der Waals surface area contributed by atoms with Gasteiger partial charge in [0, 0.05) is 18.2 Å². The number of carboxylic acid groups (broad SMARTS) is 1. The summed E-state index contributed by atoms with van der Waals surface area (Å²) in [5.74, 6) is -1.04. The number of hydrogen-bond donors (Lipinski definition) is 1. The number of benzene rings is 2. The van der Waals surface area contributed by atoms with Crippen molar-refractivity contribution >= 4 is 17.6 Å². The second kappa shape index (κ2) is 7.83. The van der Waals surface area contributed by atoms with E-state index in [1.54, 1.807) is 24.3 Å². The van der Waals surface area contributed by atoms with Crippen molar-refractivity contribution in [1.29, 1.82) is 0 Å². The molecule has 0 aliphatic carbocycles. The number of anilines is 1. The van der Waals surface area contributed by atoms with E-state index in [1.165, 1.54) is 0 Å². The minimum atomic E-state index is -1.29. The molecule has 0 heterocycles. The Morgan fingerprint density at radius 3 is 2.55 bits per heavy atom. The summed E-state index contributed by atoms with van der Waals surface area (Å²) in [6.45, 7) is -0.522. The molecule has 5 nitrogen and oxygen atoms in total. The number of nitrogens with one attached hydrogen (secondary N) is 1. The molecule has 0 saturated heterocycles. The van der Waals surface area contributed by atoms with Crippen molar-refractivity contribution in [2.24, 2.45) is 0 Å². The maximum Gasteiger partial charge on any atom is 0.224 e. The molecular weight excluding hydrogens is 282 g/mol. The summed E-state index contributed by atoms with van der Waals surface area (Å²) < 4.78 is 5.01. The molecule has 0 aromatic heterocycles. The zero-order chi connectivity index (χ0) is 15.8. The smallest absolute Gasteiger partial charge is 0.224 e. The monoisotopic (exact) mass is 298 g/mol. The molecule has 0 aliphatic heterocycles. The lowest BCUT2D eigenvalue weighted by atomic mass is 10.1. The van der Waals surface area contributed by atoms with Gasteiger partial charge in [-0.2, -0.15) is 0 Å². The highest BCUT2D eigenvalue weighted by Gasteiger charge is 2.04. The van der Waals surface area contributed by atoms with Gasteiger partial charge in [-0.05, 0) is 24.1 Å². The second-order valence-corrected chi connectivity index (χ2v) is 4.72. The van der Waals surface area contributed by atoms with Crippen LogP contribution in [0.15, 0.2) is 54.6 Å². The molecular formula is C17H16NO4-. The molecule has 1 N–H and O–H groups in total. The van der Waals surface area contributed by atoms with Gasteiger partial charge in [0.05, 0.1) is 5.97 Å². The number of carboxylic acids is 1. The first-order chi connectivity index (χ1) is 10.6. The zero-order valence-corrected chi connectivity index (χ0v) is 12.0. The third-order valence-corrected chi connectivity index (χ3v) is 2.96. The van der Waals surface area contributed by atoms with Gasteiger partial charge in [0.2, 0.25) is 5.91 Å². The lowest BCUT2D eigenvalue weighted by Gasteiger charge is -2.09. The van der Waals surface area contributed by atoms with E-state index in [2.05, 4.69) is 5.32 Å². The molecule has 0 saturated carbocycles. The molecule has 5 heteroatoms. The average molecular weight is 298 g/mol. The Hall–Kier alpha value is -2.82. The highest BCUT2D eigenvalue weighted by Crippen LogP contribution is 2.17. The van der Waals surface area contributed by atoms with E-state index in [4.69, 9.17) is 4.74 Å². The quantitative estimate of drug-likeness (QED) is 0.837. The van der Waals surface area contributed by atoms with E-state index >= 15 is 0 Å². The van der Waals surface area contributed by atoms with Gasteiger partial charge in [-0.3, -0.25) is 4.79 Å². The largest absolute Gasteiger partial charge is 0.546 e. The van der Waals surface area contributed by atoms with Crippen LogP contribution < -0.4 is 15.2 Å². The first-order valence-electron chi connectivity index (χ1n) is 6.90. The molecule has 0 atom stereocenters. The van der Waals surface area contributed by atoms with Gasteiger partial charge >= 0.3 is 0 Å². The van der Waals surface area contributed by atoms with E-state index < -0.39 is 12.6 Å². The summed E-state index contributed by atoms with van der Waals surface area (Å²) in [5, 5.41) is 13.1. The second-order valence-electron chi connectivity index (χ2n) is 4.72. The normalized spacial score (nSPS) is 10.0. The van der Waals surface area contributed by atoms with Gasteiger partial charge in [0.25, 0.3) is 0 Å². The van der Waals surface area contributed by atoms with E-state index in [0.717, 1.165) is 5.56 Å². The van der Waals surface area contributed by atoms with Crippen molar-refractivity contribution < 1.29 is 19.4 Å². The van der Waals surface area contributed by atoms with Crippen LogP contribution in [0.3, 0.4) is 0 Å². The maximum absolute atomic E-state index is 11.9. The summed E-state index contributed by atoms with van der Waals surface area (Å²) in [4.78, 5) is 22.3. The van der Waals surface area contributed by atoms with Crippen molar-refractivity contribution in [2.75, 3.05) is 11.9 Å². The topological polar surface area (TPSA) is 78.5 Å². The average Bonchev–Trinajstić information content (AvgIpc) is 2.52. The minimum absolute atomic E-state index is 0.110. The van der Waals surface area contributed by atoms with Crippen molar-refractivity contribution in [3.63, 3.8) is 0 Å². The minimum Gasteiger partial charge on any atom is -0.546 e. The summed E-state index contributed by atoms with van der Waals surface area (Å²) in [6.07, 6.45) is 1.03. The molecule has 114 valence electrons. The molecule has 2 aromatic carbocycles. The Labute approximate surface area is 128 Å². The van der Waals surface area contributed by atoms with Gasteiger partial charge in [-0.25, -0.2) is 0 Å². The van der Waals surface area contributed by atoms with Gasteiger partial charge in [0.1, 0.15) is 12.4 Å². The third kappa shape index (κ3) is 5.28. The predicted molar refractivity (Wildman–Crippen MR) is 80.3 cm³/mol. The fourth-order valence-electron chi connectivity index (χ4n) is 1.93. The van der Waals surface area contributed by atoms with Crippen LogP contribution in [0.25, 0.3) is 0 Å². The molecule has 0 spiro atoms. The summed E-state index contributed by atoms with van der Waals surface area (Å²) in [7, 11) is 0. The molecule has 2 aromatic rings. The molecule has 0 radical (unpaired) electrons. The van der Waals surface area contributed by atoms with E-state index in [9.17, 15) is 14.7 Å². The first-order valence-corrected chi connectivity index (χ1v) is 6.90. The Bertz CT molecular complexity index is 640. The van der Waals surface area contributed by atoms with E-state index in [0.29, 0.717) is 24.3 Å². The van der Waals surface area contributed by atoms with Crippen LogP contribution in [0.4, 0.5) is 5.69 Å². The summed E-state index contributed by atoms with van der Waals surface area (Å²) >= 11 is 0. The van der Waals surface area contributed by atoms with Crippen LogP contribution >= 0.6 is 0 Å². The molecule has 0 unspecified atom stereocenters. The first kappa shape index (κ1) is 15.6. The SMILES string of the molecule is O=C([O-])COc1cccc(NC(=O)CCc2ccccc2)c1. The summed E-state index contributed by atoms with van der Waals surface area (Å²) in [5.41, 5.74) is 1.66. The van der Waals surface area contributed by atoms with Crippen LogP contribution in [0.1, 0.15) is 12.0 Å². The van der Waals surface area contributed by atoms with Crippen LogP contribution in [-0.4, -0.2) is 18.5 Å². The Morgan fingerprint density at radius 1 is 1.05 bits per heavy atom. The Kier molecular flexibility index (Phi) is 5.54. The number of ether oxygens (including phenoxy) is 1. The number of aliphatic carboxylic acids is 1. The van der Waals surface area contributed by atoms with Crippen molar-refractivity contribution in [3.8, 4) is 5.75 Å². The number of carbonyl (C=O) groups is 2. The Balaban J connectivity index is 1.85. The Morgan fingerprint density at radius 2 is 1.82 bits per heavy atom. The molecule has 0 aliphatic rings. The lowest BCUT2D eigenvalue weighted by Crippen LogP contribution is -2.28. The van der Waals surface area contributed by atoms with Crippen LogP contribution in [0.2, 0.25) is 0 Å². The predicted octanol–water partition coefficient (Wildman–Crippen LogP) is 1.39. The van der Waals surface area contributed by atoms with Crippen LogP contribution in [-0.2, 0) is 16.0 Å². The van der Waals surface area contributed by atoms with E-state index in [1.807, 2.05) is 30.3 Å². The number of amides is 1. The fourth-order valence-corrected chi connectivity index (χ4v) is 1.93. The summed E-state index contributed by atoms with van der Waals surface area (Å²) in [6, 6.07) is 16.3. The van der Waals surface area contributed by atoms with Crippen LogP contribution in [0.5, 0.6) is 5.75 Å². The van der Waals surface area contributed by atoms with Crippen molar-refractivity contribution in [3.05, 3.63) is 60.2 Å². The highest BCUT2D eigenvalue weighted by atomic mass is 16.5. The zero-order valence-electron chi connectivity index (χ0n) is 12.0. The van der Waals surface area contributed by atoms with Gasteiger partial charge in [0.15, 0.2) is 0 Å².